The lowest BCUT2D eigenvalue weighted by Crippen LogP contribution is -2.36. The molecule has 0 aliphatic heterocycles. The summed E-state index contributed by atoms with van der Waals surface area (Å²) in [4.78, 5) is 39.8. The SMILES string of the molecule is CC1(C)CC(=O)C=C(N[C@H](CC(=O)O)Cc2ccc(NC(=O)c3c(Cl)cncc3Cl)cc2)C1. The Bertz CT molecular complexity index is 1080. The number of nitrogens with zero attached hydrogens (tertiary/aromatic N) is 1. The molecule has 2 aromatic rings. The van der Waals surface area contributed by atoms with Crippen molar-refractivity contribution in [2.24, 2.45) is 5.41 Å². The molecule has 1 aliphatic carbocycles. The highest BCUT2D eigenvalue weighted by molar-refractivity contribution is 6.40. The van der Waals surface area contributed by atoms with Crippen molar-refractivity contribution in [3.8, 4) is 0 Å². The minimum Gasteiger partial charge on any atom is -0.481 e. The first kappa shape index (κ1) is 24.7. The molecule has 7 nitrogen and oxygen atoms in total. The average Bonchev–Trinajstić information content (AvgIpc) is 2.67. The van der Waals surface area contributed by atoms with Gasteiger partial charge in [0.05, 0.1) is 22.0 Å². The number of amides is 1. The Morgan fingerprint density at radius 1 is 1.12 bits per heavy atom. The Labute approximate surface area is 202 Å². The first-order chi connectivity index (χ1) is 15.5. The van der Waals surface area contributed by atoms with E-state index in [1.54, 1.807) is 18.2 Å². The van der Waals surface area contributed by atoms with E-state index in [9.17, 15) is 19.5 Å². The number of hydrogen-bond donors (Lipinski definition) is 3. The lowest BCUT2D eigenvalue weighted by Gasteiger charge is -2.31. The van der Waals surface area contributed by atoms with E-state index in [0.29, 0.717) is 24.9 Å². The summed E-state index contributed by atoms with van der Waals surface area (Å²) < 4.78 is 0. The first-order valence-electron chi connectivity index (χ1n) is 10.4. The fraction of sp³-hybridized carbons (Fsp3) is 0.333. The number of aliphatic carboxylic acids is 1. The lowest BCUT2D eigenvalue weighted by atomic mass is 9.78. The average molecular weight is 490 g/mol. The zero-order valence-corrected chi connectivity index (χ0v) is 19.8. The molecule has 0 fully saturated rings. The smallest absolute Gasteiger partial charge is 0.305 e. The molecular weight excluding hydrogens is 465 g/mol. The highest BCUT2D eigenvalue weighted by Crippen LogP contribution is 2.33. The van der Waals surface area contributed by atoms with E-state index in [1.807, 2.05) is 26.0 Å². The van der Waals surface area contributed by atoms with E-state index < -0.39 is 11.9 Å². The van der Waals surface area contributed by atoms with Crippen molar-refractivity contribution >= 4 is 46.5 Å². The maximum absolute atomic E-state index is 12.5. The second kappa shape index (κ2) is 10.4. The molecule has 9 heteroatoms. The third kappa shape index (κ3) is 7.04. The first-order valence-corrected chi connectivity index (χ1v) is 11.2. The molecule has 3 rings (SSSR count). The number of carboxylic acids is 1. The quantitative estimate of drug-likeness (QED) is 0.486. The van der Waals surface area contributed by atoms with E-state index in [1.165, 1.54) is 12.4 Å². The summed E-state index contributed by atoms with van der Waals surface area (Å²) >= 11 is 12.1. The van der Waals surface area contributed by atoms with Crippen LogP contribution < -0.4 is 10.6 Å². The number of carbonyl (C=O) groups is 3. The Morgan fingerprint density at radius 3 is 2.33 bits per heavy atom. The van der Waals surface area contributed by atoms with Crippen LogP contribution in [0.1, 0.15) is 49.0 Å². The van der Waals surface area contributed by atoms with Crippen LogP contribution in [0.5, 0.6) is 0 Å². The summed E-state index contributed by atoms with van der Waals surface area (Å²) in [6, 6.07) is 6.69. The van der Waals surface area contributed by atoms with Gasteiger partial charge in [-0.3, -0.25) is 19.4 Å². The molecule has 0 unspecified atom stereocenters. The molecule has 1 atom stereocenters. The Kier molecular flexibility index (Phi) is 7.76. The number of hydrogen-bond acceptors (Lipinski definition) is 5. The molecule has 1 aromatic heterocycles. The van der Waals surface area contributed by atoms with Crippen molar-refractivity contribution < 1.29 is 19.5 Å². The number of carboxylic acid groups (broad SMARTS) is 1. The summed E-state index contributed by atoms with van der Waals surface area (Å²) in [5, 5.41) is 15.6. The molecule has 0 saturated carbocycles. The van der Waals surface area contributed by atoms with Gasteiger partial charge in [-0.15, -0.1) is 0 Å². The molecule has 0 bridgehead atoms. The molecule has 1 amide bonds. The number of pyridine rings is 1. The van der Waals surface area contributed by atoms with E-state index >= 15 is 0 Å². The molecule has 0 saturated heterocycles. The predicted molar refractivity (Wildman–Crippen MR) is 128 cm³/mol. The molecule has 0 spiro atoms. The van der Waals surface area contributed by atoms with Crippen molar-refractivity contribution in [3.63, 3.8) is 0 Å². The Balaban J connectivity index is 1.68. The highest BCUT2D eigenvalue weighted by Gasteiger charge is 2.28. The van der Waals surface area contributed by atoms with E-state index in [2.05, 4.69) is 15.6 Å². The standard InChI is InChI=1S/C24H25Cl2N3O4/c1-24(2)10-17(8-18(30)11-24)28-16(9-21(31)32)7-14-3-5-15(6-4-14)29-23(33)22-19(25)12-27-13-20(22)26/h3-6,8,12-13,16,28H,7,9-11H2,1-2H3,(H,29,33)(H,31,32)/t16-/m0/s1. The lowest BCUT2D eigenvalue weighted by molar-refractivity contribution is -0.137. The molecule has 1 aliphatic rings. The van der Waals surface area contributed by atoms with Crippen molar-refractivity contribution in [3.05, 3.63) is 69.6 Å². The summed E-state index contributed by atoms with van der Waals surface area (Å²) in [7, 11) is 0. The number of anilines is 1. The van der Waals surface area contributed by atoms with Crippen molar-refractivity contribution in [1.82, 2.24) is 10.3 Å². The van der Waals surface area contributed by atoms with Crippen LogP contribution in [0, 0.1) is 5.41 Å². The fourth-order valence-electron chi connectivity index (χ4n) is 3.92. The monoisotopic (exact) mass is 489 g/mol. The van der Waals surface area contributed by atoms with Crippen molar-refractivity contribution in [1.29, 1.82) is 0 Å². The van der Waals surface area contributed by atoms with Crippen LogP contribution >= 0.6 is 23.2 Å². The normalized spacial score (nSPS) is 16.0. The van der Waals surface area contributed by atoms with Crippen molar-refractivity contribution in [2.75, 3.05) is 5.32 Å². The topological polar surface area (TPSA) is 108 Å². The number of aromatic nitrogens is 1. The summed E-state index contributed by atoms with van der Waals surface area (Å²) in [5.41, 5.74) is 2.16. The highest BCUT2D eigenvalue weighted by atomic mass is 35.5. The zero-order valence-electron chi connectivity index (χ0n) is 18.3. The van der Waals surface area contributed by atoms with Crippen LogP contribution in [0.3, 0.4) is 0 Å². The van der Waals surface area contributed by atoms with Gasteiger partial charge in [0, 0.05) is 42.3 Å². The second-order valence-electron chi connectivity index (χ2n) is 8.93. The van der Waals surface area contributed by atoms with Gasteiger partial charge >= 0.3 is 5.97 Å². The third-order valence-electron chi connectivity index (χ3n) is 5.24. The summed E-state index contributed by atoms with van der Waals surface area (Å²) in [6.45, 7) is 4.04. The molecule has 1 aromatic carbocycles. The molecule has 3 N–H and O–H groups in total. The number of allylic oxidation sites excluding steroid dienone is 2. The third-order valence-corrected chi connectivity index (χ3v) is 5.82. The molecular formula is C24H25Cl2N3O4. The van der Waals surface area contributed by atoms with Crippen LogP contribution in [-0.4, -0.2) is 33.8 Å². The van der Waals surface area contributed by atoms with Gasteiger partial charge in [-0.25, -0.2) is 0 Å². The van der Waals surface area contributed by atoms with Gasteiger partial charge < -0.3 is 15.7 Å². The van der Waals surface area contributed by atoms with E-state index in [4.69, 9.17) is 23.2 Å². The van der Waals surface area contributed by atoms with Gasteiger partial charge in [-0.05, 0) is 36.0 Å². The second-order valence-corrected chi connectivity index (χ2v) is 9.74. The molecule has 1 heterocycles. The summed E-state index contributed by atoms with van der Waals surface area (Å²) in [6.07, 6.45) is 5.77. The van der Waals surface area contributed by atoms with Gasteiger partial charge in [-0.1, -0.05) is 49.2 Å². The number of nitrogens with one attached hydrogen (secondary N) is 2. The number of ketones is 1. The van der Waals surface area contributed by atoms with Gasteiger partial charge in [0.25, 0.3) is 5.91 Å². The summed E-state index contributed by atoms with van der Waals surface area (Å²) in [5.74, 6) is -1.34. The van der Waals surface area contributed by atoms with Gasteiger partial charge in [0.2, 0.25) is 0 Å². The zero-order chi connectivity index (χ0) is 24.2. The molecule has 33 heavy (non-hydrogen) atoms. The fourth-order valence-corrected chi connectivity index (χ4v) is 4.45. The van der Waals surface area contributed by atoms with Crippen LogP contribution in [0.25, 0.3) is 0 Å². The van der Waals surface area contributed by atoms with Gasteiger partial charge in [0.15, 0.2) is 5.78 Å². The maximum atomic E-state index is 12.5. The van der Waals surface area contributed by atoms with E-state index in [-0.39, 0.29) is 39.3 Å². The number of benzene rings is 1. The van der Waals surface area contributed by atoms with Crippen LogP contribution in [0.15, 0.2) is 48.4 Å². The van der Waals surface area contributed by atoms with Gasteiger partial charge in [-0.2, -0.15) is 0 Å². The maximum Gasteiger partial charge on any atom is 0.305 e. The van der Waals surface area contributed by atoms with Crippen LogP contribution in [0.2, 0.25) is 10.0 Å². The van der Waals surface area contributed by atoms with Crippen molar-refractivity contribution in [2.45, 2.75) is 45.6 Å². The number of carbonyl (C=O) groups excluding carboxylic acids is 2. The molecule has 174 valence electrons. The largest absolute Gasteiger partial charge is 0.481 e. The Morgan fingerprint density at radius 2 is 1.76 bits per heavy atom. The minimum absolute atomic E-state index is 0.0392. The van der Waals surface area contributed by atoms with Crippen LogP contribution in [0.4, 0.5) is 5.69 Å². The van der Waals surface area contributed by atoms with E-state index in [0.717, 1.165) is 11.3 Å². The minimum atomic E-state index is -0.926. The molecule has 0 radical (unpaired) electrons. The number of rotatable bonds is 8. The van der Waals surface area contributed by atoms with Gasteiger partial charge in [0.1, 0.15) is 0 Å². The Hall–Kier alpha value is -2.90. The number of halogens is 2. The predicted octanol–water partition coefficient (Wildman–Crippen LogP) is 4.89. The van der Waals surface area contributed by atoms with Crippen LogP contribution in [-0.2, 0) is 16.0 Å².